The molecule has 21 heavy (non-hydrogen) atoms. The van der Waals surface area contributed by atoms with Crippen LogP contribution in [0.2, 0.25) is 0 Å². The van der Waals surface area contributed by atoms with Crippen molar-refractivity contribution >= 4 is 15.9 Å². The third-order valence-corrected chi connectivity index (χ3v) is 3.63. The van der Waals surface area contributed by atoms with Gasteiger partial charge in [0.25, 0.3) is 0 Å². The molecule has 0 bridgehead atoms. The number of rotatable bonds is 8. The van der Waals surface area contributed by atoms with Gasteiger partial charge in [-0.15, -0.1) is 0 Å². The highest BCUT2D eigenvalue weighted by Crippen LogP contribution is 2.23. The van der Waals surface area contributed by atoms with Crippen molar-refractivity contribution in [2.24, 2.45) is 0 Å². The maximum atomic E-state index is 5.82. The van der Waals surface area contributed by atoms with Gasteiger partial charge >= 0.3 is 0 Å². The average Bonchev–Trinajstić information content (AvgIpc) is 2.52. The Balaban J connectivity index is 1.82. The van der Waals surface area contributed by atoms with E-state index in [2.05, 4.69) is 34.2 Å². The van der Waals surface area contributed by atoms with Gasteiger partial charge in [0.2, 0.25) is 0 Å². The highest BCUT2D eigenvalue weighted by molar-refractivity contribution is 9.10. The maximum Gasteiger partial charge on any atom is 0.133 e. The van der Waals surface area contributed by atoms with E-state index in [1.807, 2.05) is 42.5 Å². The normalized spacial score (nSPS) is 10.4. The predicted molar refractivity (Wildman–Crippen MR) is 89.0 cm³/mol. The Morgan fingerprint density at radius 2 is 1.52 bits per heavy atom. The van der Waals surface area contributed by atoms with Crippen LogP contribution in [0.4, 0.5) is 0 Å². The first kappa shape index (κ1) is 15.9. The molecule has 3 nitrogen and oxygen atoms in total. The SMILES string of the molecule is CCNCc1ccccc1OCCOc1ccccc1Br. The summed E-state index contributed by atoms with van der Waals surface area (Å²) in [5.74, 6) is 1.75. The number of benzene rings is 2. The van der Waals surface area contributed by atoms with Gasteiger partial charge in [-0.25, -0.2) is 0 Å². The molecule has 0 amide bonds. The Morgan fingerprint density at radius 3 is 2.24 bits per heavy atom. The molecule has 4 heteroatoms. The molecule has 0 aliphatic carbocycles. The van der Waals surface area contributed by atoms with Crippen molar-refractivity contribution in [2.45, 2.75) is 13.5 Å². The van der Waals surface area contributed by atoms with Gasteiger partial charge in [-0.3, -0.25) is 0 Å². The van der Waals surface area contributed by atoms with Crippen molar-refractivity contribution in [3.8, 4) is 11.5 Å². The minimum absolute atomic E-state index is 0.512. The van der Waals surface area contributed by atoms with E-state index in [9.17, 15) is 0 Å². The summed E-state index contributed by atoms with van der Waals surface area (Å²) in [5, 5.41) is 3.31. The number of para-hydroxylation sites is 2. The summed E-state index contributed by atoms with van der Waals surface area (Å²) < 4.78 is 12.5. The molecule has 0 saturated carbocycles. The predicted octanol–water partition coefficient (Wildman–Crippen LogP) is 4.02. The van der Waals surface area contributed by atoms with Crippen LogP contribution in [0.1, 0.15) is 12.5 Å². The average molecular weight is 350 g/mol. The second-order valence-corrected chi connectivity index (χ2v) is 5.37. The van der Waals surface area contributed by atoms with Crippen LogP contribution in [-0.2, 0) is 6.54 Å². The van der Waals surface area contributed by atoms with Crippen molar-refractivity contribution in [3.63, 3.8) is 0 Å². The molecule has 112 valence electrons. The highest BCUT2D eigenvalue weighted by atomic mass is 79.9. The molecule has 0 atom stereocenters. The molecule has 2 aromatic rings. The molecule has 0 aliphatic heterocycles. The Kier molecular flexibility index (Phi) is 6.57. The zero-order valence-electron chi connectivity index (χ0n) is 12.1. The second kappa shape index (κ2) is 8.70. The van der Waals surface area contributed by atoms with E-state index < -0.39 is 0 Å². The quantitative estimate of drug-likeness (QED) is 0.730. The number of nitrogens with one attached hydrogen (secondary N) is 1. The lowest BCUT2D eigenvalue weighted by Crippen LogP contribution is -2.14. The number of ether oxygens (including phenoxy) is 2. The van der Waals surface area contributed by atoms with E-state index in [4.69, 9.17) is 9.47 Å². The molecule has 2 aromatic carbocycles. The molecule has 0 saturated heterocycles. The third kappa shape index (κ3) is 5.06. The lowest BCUT2D eigenvalue weighted by molar-refractivity contribution is 0.215. The van der Waals surface area contributed by atoms with E-state index in [1.165, 1.54) is 5.56 Å². The van der Waals surface area contributed by atoms with E-state index in [0.29, 0.717) is 13.2 Å². The minimum atomic E-state index is 0.512. The summed E-state index contributed by atoms with van der Waals surface area (Å²) in [7, 11) is 0. The van der Waals surface area contributed by atoms with Crippen LogP contribution in [0.25, 0.3) is 0 Å². The molecule has 0 unspecified atom stereocenters. The Labute approximate surface area is 134 Å². The molecule has 0 heterocycles. The lowest BCUT2D eigenvalue weighted by Gasteiger charge is -2.12. The summed E-state index contributed by atoms with van der Waals surface area (Å²) in [6.45, 7) is 4.88. The fourth-order valence-electron chi connectivity index (χ4n) is 1.92. The van der Waals surface area contributed by atoms with Gasteiger partial charge in [0.1, 0.15) is 24.7 Å². The van der Waals surface area contributed by atoms with Gasteiger partial charge in [0.15, 0.2) is 0 Å². The molecule has 1 N–H and O–H groups in total. The van der Waals surface area contributed by atoms with E-state index in [1.54, 1.807) is 0 Å². The van der Waals surface area contributed by atoms with Gasteiger partial charge < -0.3 is 14.8 Å². The standard InChI is InChI=1S/C17H20BrNO2/c1-2-19-13-14-7-3-5-9-16(14)20-11-12-21-17-10-6-4-8-15(17)18/h3-10,19H,2,11-13H2,1H3. The van der Waals surface area contributed by atoms with Gasteiger partial charge in [-0.2, -0.15) is 0 Å². The molecular weight excluding hydrogens is 330 g/mol. The highest BCUT2D eigenvalue weighted by Gasteiger charge is 2.03. The number of hydrogen-bond donors (Lipinski definition) is 1. The van der Waals surface area contributed by atoms with Crippen LogP contribution in [0, 0.1) is 0 Å². The van der Waals surface area contributed by atoms with Gasteiger partial charge in [0.05, 0.1) is 4.47 Å². The smallest absolute Gasteiger partial charge is 0.133 e. The van der Waals surface area contributed by atoms with Crippen LogP contribution >= 0.6 is 15.9 Å². The molecule has 0 fully saturated rings. The molecule has 0 spiro atoms. The van der Waals surface area contributed by atoms with Crippen LogP contribution < -0.4 is 14.8 Å². The fraction of sp³-hybridized carbons (Fsp3) is 0.294. The Bertz CT molecular complexity index is 560. The Hall–Kier alpha value is -1.52. The first-order valence-corrected chi connectivity index (χ1v) is 7.89. The summed E-state index contributed by atoms with van der Waals surface area (Å²) >= 11 is 3.46. The monoisotopic (exact) mass is 349 g/mol. The summed E-state index contributed by atoms with van der Waals surface area (Å²) in [6, 6.07) is 15.9. The van der Waals surface area contributed by atoms with E-state index >= 15 is 0 Å². The zero-order chi connectivity index (χ0) is 14.9. The van der Waals surface area contributed by atoms with E-state index in [0.717, 1.165) is 29.1 Å². The maximum absolute atomic E-state index is 5.82. The third-order valence-electron chi connectivity index (χ3n) is 2.97. The van der Waals surface area contributed by atoms with Gasteiger partial charge in [0, 0.05) is 12.1 Å². The topological polar surface area (TPSA) is 30.5 Å². The van der Waals surface area contributed by atoms with Gasteiger partial charge in [-0.1, -0.05) is 37.3 Å². The summed E-state index contributed by atoms with van der Waals surface area (Å²) in [4.78, 5) is 0. The summed E-state index contributed by atoms with van der Waals surface area (Å²) in [6.07, 6.45) is 0. The largest absolute Gasteiger partial charge is 0.490 e. The van der Waals surface area contributed by atoms with Crippen molar-refractivity contribution in [2.75, 3.05) is 19.8 Å². The summed E-state index contributed by atoms with van der Waals surface area (Å²) in [5.41, 5.74) is 1.17. The van der Waals surface area contributed by atoms with Crippen molar-refractivity contribution < 1.29 is 9.47 Å². The van der Waals surface area contributed by atoms with Crippen molar-refractivity contribution in [3.05, 3.63) is 58.6 Å². The lowest BCUT2D eigenvalue weighted by atomic mass is 10.2. The second-order valence-electron chi connectivity index (χ2n) is 4.52. The van der Waals surface area contributed by atoms with Crippen LogP contribution in [0.5, 0.6) is 11.5 Å². The Morgan fingerprint density at radius 1 is 0.905 bits per heavy atom. The van der Waals surface area contributed by atoms with E-state index in [-0.39, 0.29) is 0 Å². The van der Waals surface area contributed by atoms with Gasteiger partial charge in [-0.05, 0) is 40.7 Å². The number of halogens is 1. The zero-order valence-corrected chi connectivity index (χ0v) is 13.7. The molecule has 2 rings (SSSR count). The first-order chi connectivity index (χ1) is 10.3. The van der Waals surface area contributed by atoms with Crippen LogP contribution in [0.3, 0.4) is 0 Å². The molecule has 0 radical (unpaired) electrons. The molecular formula is C17H20BrNO2. The molecule has 0 aromatic heterocycles. The number of hydrogen-bond acceptors (Lipinski definition) is 3. The van der Waals surface area contributed by atoms with Crippen molar-refractivity contribution in [1.82, 2.24) is 5.32 Å². The van der Waals surface area contributed by atoms with Crippen LogP contribution in [0.15, 0.2) is 53.0 Å². The molecule has 0 aliphatic rings. The first-order valence-electron chi connectivity index (χ1n) is 7.10. The van der Waals surface area contributed by atoms with Crippen LogP contribution in [-0.4, -0.2) is 19.8 Å². The van der Waals surface area contributed by atoms with Crippen molar-refractivity contribution in [1.29, 1.82) is 0 Å². The minimum Gasteiger partial charge on any atom is -0.490 e. The fourth-order valence-corrected chi connectivity index (χ4v) is 2.31.